The standard InChI is InChI=1S/C19H19N3O/c1-3-9-21-19(23)15-12-18(17-6-4-5-10-20-17)22-16-8-7-13(2)11-14(15)16/h4-8,10-12H,3,9H2,1-2H3,(H,21,23). The average Bonchev–Trinajstić information content (AvgIpc) is 2.59. The van der Waals surface area contributed by atoms with Gasteiger partial charge < -0.3 is 5.32 Å². The van der Waals surface area contributed by atoms with E-state index in [2.05, 4.69) is 15.3 Å². The van der Waals surface area contributed by atoms with E-state index >= 15 is 0 Å². The summed E-state index contributed by atoms with van der Waals surface area (Å²) in [6, 6.07) is 13.5. The number of aryl methyl sites for hydroxylation is 1. The summed E-state index contributed by atoms with van der Waals surface area (Å²) in [6.07, 6.45) is 2.63. The highest BCUT2D eigenvalue weighted by atomic mass is 16.1. The van der Waals surface area contributed by atoms with Gasteiger partial charge >= 0.3 is 0 Å². The molecule has 0 fully saturated rings. The van der Waals surface area contributed by atoms with Crippen LogP contribution in [0.5, 0.6) is 0 Å². The molecule has 4 heteroatoms. The molecule has 0 bridgehead atoms. The molecule has 1 aromatic carbocycles. The molecule has 1 N–H and O–H groups in total. The van der Waals surface area contributed by atoms with E-state index in [1.54, 1.807) is 6.20 Å². The van der Waals surface area contributed by atoms with Gasteiger partial charge in [0.25, 0.3) is 5.91 Å². The molecule has 116 valence electrons. The molecule has 2 aromatic heterocycles. The molecule has 0 spiro atoms. The second kappa shape index (κ2) is 6.57. The first kappa shape index (κ1) is 15.2. The van der Waals surface area contributed by atoms with Crippen molar-refractivity contribution in [1.29, 1.82) is 0 Å². The molecule has 4 nitrogen and oxygen atoms in total. The quantitative estimate of drug-likeness (QED) is 0.798. The Bertz CT molecular complexity index is 844. The number of fused-ring (bicyclic) bond motifs is 1. The zero-order chi connectivity index (χ0) is 16.2. The lowest BCUT2D eigenvalue weighted by molar-refractivity contribution is 0.0955. The van der Waals surface area contributed by atoms with Crippen LogP contribution in [0.15, 0.2) is 48.7 Å². The van der Waals surface area contributed by atoms with Crippen LogP contribution in [-0.2, 0) is 0 Å². The highest BCUT2D eigenvalue weighted by Crippen LogP contribution is 2.24. The lowest BCUT2D eigenvalue weighted by atomic mass is 10.0. The average molecular weight is 305 g/mol. The second-order valence-electron chi connectivity index (χ2n) is 5.55. The summed E-state index contributed by atoms with van der Waals surface area (Å²) < 4.78 is 0. The number of hydrogen-bond donors (Lipinski definition) is 1. The molecule has 0 radical (unpaired) electrons. The Morgan fingerprint density at radius 2 is 2.00 bits per heavy atom. The van der Waals surface area contributed by atoms with E-state index in [9.17, 15) is 4.79 Å². The van der Waals surface area contributed by atoms with Gasteiger partial charge in [-0.2, -0.15) is 0 Å². The van der Waals surface area contributed by atoms with Gasteiger partial charge in [-0.05, 0) is 43.7 Å². The number of nitrogens with one attached hydrogen (secondary N) is 1. The monoisotopic (exact) mass is 305 g/mol. The predicted octanol–water partition coefficient (Wildman–Crippen LogP) is 3.75. The van der Waals surface area contributed by atoms with E-state index in [-0.39, 0.29) is 5.91 Å². The first-order valence-corrected chi connectivity index (χ1v) is 7.80. The molecule has 0 unspecified atom stereocenters. The number of benzene rings is 1. The van der Waals surface area contributed by atoms with Crippen LogP contribution in [0.3, 0.4) is 0 Å². The lowest BCUT2D eigenvalue weighted by Gasteiger charge is -2.10. The zero-order valence-electron chi connectivity index (χ0n) is 13.3. The van der Waals surface area contributed by atoms with Gasteiger partial charge in [-0.1, -0.05) is 24.6 Å². The number of amides is 1. The van der Waals surface area contributed by atoms with Crippen molar-refractivity contribution in [3.05, 3.63) is 59.8 Å². The maximum atomic E-state index is 12.6. The second-order valence-corrected chi connectivity index (χ2v) is 5.55. The van der Waals surface area contributed by atoms with Crippen LogP contribution in [0.25, 0.3) is 22.3 Å². The van der Waals surface area contributed by atoms with E-state index < -0.39 is 0 Å². The van der Waals surface area contributed by atoms with Crippen LogP contribution in [0.4, 0.5) is 0 Å². The summed E-state index contributed by atoms with van der Waals surface area (Å²) in [5.74, 6) is -0.0676. The number of hydrogen-bond acceptors (Lipinski definition) is 3. The smallest absolute Gasteiger partial charge is 0.252 e. The maximum absolute atomic E-state index is 12.6. The number of pyridine rings is 2. The third kappa shape index (κ3) is 3.21. The topological polar surface area (TPSA) is 54.9 Å². The molecule has 2 heterocycles. The molecule has 1 amide bonds. The van der Waals surface area contributed by atoms with E-state index in [1.165, 1.54) is 0 Å². The van der Waals surface area contributed by atoms with Crippen molar-refractivity contribution in [2.24, 2.45) is 0 Å². The summed E-state index contributed by atoms with van der Waals surface area (Å²) in [5, 5.41) is 3.83. The summed E-state index contributed by atoms with van der Waals surface area (Å²) in [6.45, 7) is 4.71. The summed E-state index contributed by atoms with van der Waals surface area (Å²) in [5.41, 5.74) is 4.03. The molecular weight excluding hydrogens is 286 g/mol. The molecule has 0 aliphatic rings. The summed E-state index contributed by atoms with van der Waals surface area (Å²) in [4.78, 5) is 21.6. The number of carbonyl (C=O) groups excluding carboxylic acids is 1. The highest BCUT2D eigenvalue weighted by molar-refractivity contribution is 6.07. The van der Waals surface area contributed by atoms with Crippen LogP contribution in [0, 0.1) is 6.92 Å². The van der Waals surface area contributed by atoms with Crippen LogP contribution in [-0.4, -0.2) is 22.4 Å². The Balaban J connectivity index is 2.18. The number of nitrogens with zero attached hydrogens (tertiary/aromatic N) is 2. The van der Waals surface area contributed by atoms with E-state index in [0.717, 1.165) is 28.6 Å². The van der Waals surface area contributed by atoms with Crippen molar-refractivity contribution in [3.63, 3.8) is 0 Å². The van der Waals surface area contributed by atoms with E-state index in [4.69, 9.17) is 0 Å². The Morgan fingerprint density at radius 3 is 2.74 bits per heavy atom. The third-order valence-electron chi connectivity index (χ3n) is 3.67. The normalized spacial score (nSPS) is 10.7. The Hall–Kier alpha value is -2.75. The minimum Gasteiger partial charge on any atom is -0.352 e. The van der Waals surface area contributed by atoms with Crippen LogP contribution in [0.2, 0.25) is 0 Å². The maximum Gasteiger partial charge on any atom is 0.252 e. The van der Waals surface area contributed by atoms with Crippen LogP contribution >= 0.6 is 0 Å². The molecule has 0 saturated carbocycles. The number of aromatic nitrogens is 2. The van der Waals surface area contributed by atoms with E-state index in [0.29, 0.717) is 17.8 Å². The van der Waals surface area contributed by atoms with Crippen molar-refractivity contribution < 1.29 is 4.79 Å². The van der Waals surface area contributed by atoms with Gasteiger partial charge in [0.15, 0.2) is 0 Å². The molecule has 23 heavy (non-hydrogen) atoms. The van der Waals surface area contributed by atoms with Crippen molar-refractivity contribution in [2.45, 2.75) is 20.3 Å². The fraction of sp³-hybridized carbons (Fsp3) is 0.211. The zero-order valence-corrected chi connectivity index (χ0v) is 13.3. The van der Waals surface area contributed by atoms with Gasteiger partial charge in [-0.3, -0.25) is 9.78 Å². The lowest BCUT2D eigenvalue weighted by Crippen LogP contribution is -2.24. The first-order valence-electron chi connectivity index (χ1n) is 7.80. The van der Waals surface area contributed by atoms with Gasteiger partial charge in [0, 0.05) is 18.1 Å². The minimum atomic E-state index is -0.0676. The fourth-order valence-corrected chi connectivity index (χ4v) is 2.51. The highest BCUT2D eigenvalue weighted by Gasteiger charge is 2.14. The Morgan fingerprint density at radius 1 is 1.13 bits per heavy atom. The summed E-state index contributed by atoms with van der Waals surface area (Å²) >= 11 is 0. The Kier molecular flexibility index (Phi) is 4.33. The van der Waals surface area contributed by atoms with Crippen LogP contribution < -0.4 is 5.32 Å². The third-order valence-corrected chi connectivity index (χ3v) is 3.67. The van der Waals surface area contributed by atoms with Crippen LogP contribution in [0.1, 0.15) is 29.3 Å². The molecule has 0 saturated heterocycles. The summed E-state index contributed by atoms with van der Waals surface area (Å²) in [7, 11) is 0. The van der Waals surface area contributed by atoms with Crippen molar-refractivity contribution in [3.8, 4) is 11.4 Å². The Labute approximate surface area is 135 Å². The van der Waals surface area contributed by atoms with Gasteiger partial charge in [0.1, 0.15) is 0 Å². The van der Waals surface area contributed by atoms with Gasteiger partial charge in [-0.15, -0.1) is 0 Å². The fourth-order valence-electron chi connectivity index (χ4n) is 2.51. The predicted molar refractivity (Wildman–Crippen MR) is 92.3 cm³/mol. The SMILES string of the molecule is CCCNC(=O)c1cc(-c2ccccn2)nc2ccc(C)cc12. The van der Waals surface area contributed by atoms with Crippen molar-refractivity contribution in [2.75, 3.05) is 6.54 Å². The van der Waals surface area contributed by atoms with E-state index in [1.807, 2.05) is 56.3 Å². The van der Waals surface area contributed by atoms with Crippen molar-refractivity contribution >= 4 is 16.8 Å². The van der Waals surface area contributed by atoms with Gasteiger partial charge in [-0.25, -0.2) is 4.98 Å². The van der Waals surface area contributed by atoms with Gasteiger partial charge in [0.05, 0.1) is 22.5 Å². The first-order chi connectivity index (χ1) is 11.2. The molecular formula is C19H19N3O. The van der Waals surface area contributed by atoms with Crippen molar-refractivity contribution in [1.82, 2.24) is 15.3 Å². The molecule has 3 aromatic rings. The molecule has 0 aliphatic carbocycles. The minimum absolute atomic E-state index is 0.0676. The van der Waals surface area contributed by atoms with Gasteiger partial charge in [0.2, 0.25) is 0 Å². The largest absolute Gasteiger partial charge is 0.352 e. The molecule has 0 atom stereocenters. The number of carbonyl (C=O) groups is 1. The molecule has 3 rings (SSSR count). The number of rotatable bonds is 4. The molecule has 0 aliphatic heterocycles.